The molecular weight excluding hydrogens is 152 g/mol. The van der Waals surface area contributed by atoms with Crippen molar-refractivity contribution in [2.24, 2.45) is 5.92 Å². The summed E-state index contributed by atoms with van der Waals surface area (Å²) in [6.45, 7) is 11.0. The van der Waals surface area contributed by atoms with E-state index in [9.17, 15) is 0 Å². The summed E-state index contributed by atoms with van der Waals surface area (Å²) in [5.74, 6) is 0.595. The predicted octanol–water partition coefficient (Wildman–Crippen LogP) is 3.17. The van der Waals surface area contributed by atoms with Crippen LogP contribution in [0.2, 0.25) is 0 Å². The van der Waals surface area contributed by atoms with Crippen LogP contribution in [0.5, 0.6) is 0 Å². The van der Waals surface area contributed by atoms with Crippen molar-refractivity contribution in [1.29, 1.82) is 0 Å². The Hall–Kier alpha value is -0.0800. The van der Waals surface area contributed by atoms with E-state index in [-0.39, 0.29) is 5.60 Å². The minimum atomic E-state index is -0.189. The zero-order valence-electron chi connectivity index (χ0n) is 9.02. The van der Waals surface area contributed by atoms with Crippen LogP contribution >= 0.6 is 0 Å². The topological polar surface area (TPSA) is 18.5 Å². The van der Waals surface area contributed by atoms with Crippen molar-refractivity contribution < 1.29 is 9.78 Å². The zero-order chi connectivity index (χ0) is 9.61. The lowest BCUT2D eigenvalue weighted by atomic mass is 10.1. The lowest BCUT2D eigenvalue weighted by Gasteiger charge is -2.19. The Morgan fingerprint density at radius 3 is 2.25 bits per heavy atom. The van der Waals surface area contributed by atoms with Gasteiger partial charge in [-0.25, -0.2) is 9.78 Å². The fourth-order valence-electron chi connectivity index (χ4n) is 0.903. The van der Waals surface area contributed by atoms with Crippen LogP contribution < -0.4 is 0 Å². The summed E-state index contributed by atoms with van der Waals surface area (Å²) in [5.41, 5.74) is -0.189. The predicted molar refractivity (Wildman–Crippen MR) is 50.9 cm³/mol. The summed E-state index contributed by atoms with van der Waals surface area (Å²) in [6, 6.07) is 0. The molecule has 0 spiro atoms. The quantitative estimate of drug-likeness (QED) is 0.471. The van der Waals surface area contributed by atoms with E-state index in [0.29, 0.717) is 12.5 Å². The second-order valence-electron chi connectivity index (χ2n) is 4.37. The fourth-order valence-corrected chi connectivity index (χ4v) is 0.903. The molecular formula is C10H22O2. The minimum absolute atomic E-state index is 0.189. The van der Waals surface area contributed by atoms with Gasteiger partial charge in [0.2, 0.25) is 0 Å². The van der Waals surface area contributed by atoms with Crippen molar-refractivity contribution in [1.82, 2.24) is 0 Å². The van der Waals surface area contributed by atoms with Crippen LogP contribution in [0, 0.1) is 5.92 Å². The van der Waals surface area contributed by atoms with Crippen molar-refractivity contribution in [3.05, 3.63) is 0 Å². The van der Waals surface area contributed by atoms with Gasteiger partial charge in [0.05, 0.1) is 12.2 Å². The van der Waals surface area contributed by atoms with Crippen LogP contribution in [-0.4, -0.2) is 12.2 Å². The Labute approximate surface area is 76.2 Å². The third kappa shape index (κ3) is 8.02. The normalized spacial score (nSPS) is 14.8. The summed E-state index contributed by atoms with van der Waals surface area (Å²) < 4.78 is 0. The molecule has 74 valence electrons. The van der Waals surface area contributed by atoms with Crippen LogP contribution in [0.25, 0.3) is 0 Å². The van der Waals surface area contributed by atoms with Crippen molar-refractivity contribution >= 4 is 0 Å². The van der Waals surface area contributed by atoms with Gasteiger partial charge in [0.1, 0.15) is 0 Å². The highest BCUT2D eigenvalue weighted by Gasteiger charge is 2.12. The van der Waals surface area contributed by atoms with Crippen molar-refractivity contribution in [3.8, 4) is 0 Å². The van der Waals surface area contributed by atoms with E-state index >= 15 is 0 Å². The van der Waals surface area contributed by atoms with Gasteiger partial charge in [-0.2, -0.15) is 0 Å². The molecule has 2 nitrogen and oxygen atoms in total. The van der Waals surface area contributed by atoms with E-state index in [1.165, 1.54) is 12.8 Å². The molecule has 1 atom stereocenters. The van der Waals surface area contributed by atoms with E-state index in [4.69, 9.17) is 9.78 Å². The molecule has 12 heavy (non-hydrogen) atoms. The second-order valence-corrected chi connectivity index (χ2v) is 4.37. The lowest BCUT2D eigenvalue weighted by Crippen LogP contribution is -2.21. The van der Waals surface area contributed by atoms with E-state index in [1.54, 1.807) is 0 Å². The molecule has 0 saturated heterocycles. The smallest absolute Gasteiger partial charge is 0.0952 e. The first-order valence-corrected chi connectivity index (χ1v) is 4.76. The van der Waals surface area contributed by atoms with E-state index in [0.717, 1.165) is 0 Å². The molecule has 2 heteroatoms. The number of hydrogen-bond donors (Lipinski definition) is 0. The highest BCUT2D eigenvalue weighted by Crippen LogP contribution is 2.10. The third-order valence-electron chi connectivity index (χ3n) is 1.44. The first kappa shape index (κ1) is 11.9. The number of hydrogen-bond acceptors (Lipinski definition) is 2. The molecule has 0 aliphatic carbocycles. The van der Waals surface area contributed by atoms with Gasteiger partial charge in [-0.1, -0.05) is 20.3 Å². The Balaban J connectivity index is 3.31. The van der Waals surface area contributed by atoms with Crippen LogP contribution in [0.1, 0.15) is 47.5 Å². The zero-order valence-corrected chi connectivity index (χ0v) is 9.02. The van der Waals surface area contributed by atoms with Gasteiger partial charge in [0.25, 0.3) is 0 Å². The Kier molecular flexibility index (Phi) is 5.51. The molecule has 0 aliphatic heterocycles. The average Bonchev–Trinajstić information content (AvgIpc) is 1.84. The van der Waals surface area contributed by atoms with Crippen LogP contribution in [-0.2, 0) is 9.78 Å². The molecule has 0 heterocycles. The van der Waals surface area contributed by atoms with Crippen molar-refractivity contribution in [3.63, 3.8) is 0 Å². The molecule has 1 unspecified atom stereocenters. The summed E-state index contributed by atoms with van der Waals surface area (Å²) in [5, 5.41) is 0. The molecule has 0 saturated carbocycles. The summed E-state index contributed by atoms with van der Waals surface area (Å²) >= 11 is 0. The molecule has 0 fully saturated rings. The largest absolute Gasteiger partial charge is 0.236 e. The Morgan fingerprint density at radius 1 is 1.25 bits per heavy atom. The van der Waals surface area contributed by atoms with Gasteiger partial charge >= 0.3 is 0 Å². The maximum Gasteiger partial charge on any atom is 0.0952 e. The summed E-state index contributed by atoms with van der Waals surface area (Å²) in [4.78, 5) is 10.3. The van der Waals surface area contributed by atoms with Gasteiger partial charge in [-0.3, -0.25) is 0 Å². The van der Waals surface area contributed by atoms with Crippen LogP contribution in [0.4, 0.5) is 0 Å². The second kappa shape index (κ2) is 5.55. The monoisotopic (exact) mass is 174 g/mol. The first-order chi connectivity index (χ1) is 5.45. The van der Waals surface area contributed by atoms with Gasteiger partial charge < -0.3 is 0 Å². The highest BCUT2D eigenvalue weighted by molar-refractivity contribution is 4.55. The van der Waals surface area contributed by atoms with Crippen molar-refractivity contribution in [2.45, 2.75) is 53.1 Å². The molecule has 0 radical (unpaired) electrons. The molecule has 0 aromatic rings. The average molecular weight is 174 g/mol. The molecule has 0 amide bonds. The maximum atomic E-state index is 5.15. The van der Waals surface area contributed by atoms with Gasteiger partial charge in [-0.05, 0) is 33.1 Å². The molecule has 0 bridgehead atoms. The fraction of sp³-hybridized carbons (Fsp3) is 1.00. The molecule has 0 aromatic heterocycles. The summed E-state index contributed by atoms with van der Waals surface area (Å²) in [7, 11) is 0. The Morgan fingerprint density at radius 2 is 1.83 bits per heavy atom. The summed E-state index contributed by atoms with van der Waals surface area (Å²) in [6.07, 6.45) is 2.41. The molecule has 0 aromatic carbocycles. The SMILES string of the molecule is CCCC(C)COOC(C)(C)C. The van der Waals surface area contributed by atoms with E-state index in [1.807, 2.05) is 20.8 Å². The Bertz CT molecular complexity index is 105. The van der Waals surface area contributed by atoms with E-state index in [2.05, 4.69) is 13.8 Å². The minimum Gasteiger partial charge on any atom is -0.236 e. The third-order valence-corrected chi connectivity index (χ3v) is 1.44. The standard InChI is InChI=1S/C10H22O2/c1-6-7-9(2)8-11-12-10(3,4)5/h9H,6-8H2,1-5H3. The highest BCUT2D eigenvalue weighted by atomic mass is 17.2. The molecule has 0 rings (SSSR count). The maximum absolute atomic E-state index is 5.15. The van der Waals surface area contributed by atoms with Gasteiger partial charge in [0.15, 0.2) is 0 Å². The van der Waals surface area contributed by atoms with Gasteiger partial charge in [-0.15, -0.1) is 0 Å². The lowest BCUT2D eigenvalue weighted by molar-refractivity contribution is -0.353. The van der Waals surface area contributed by atoms with E-state index < -0.39 is 0 Å². The van der Waals surface area contributed by atoms with Gasteiger partial charge in [0, 0.05) is 0 Å². The van der Waals surface area contributed by atoms with Crippen molar-refractivity contribution in [2.75, 3.05) is 6.61 Å². The number of rotatable bonds is 5. The first-order valence-electron chi connectivity index (χ1n) is 4.76. The molecule has 0 N–H and O–H groups in total. The van der Waals surface area contributed by atoms with Crippen LogP contribution in [0.15, 0.2) is 0 Å². The molecule has 0 aliphatic rings. The van der Waals surface area contributed by atoms with Crippen LogP contribution in [0.3, 0.4) is 0 Å².